The van der Waals surface area contributed by atoms with E-state index in [1.54, 1.807) is 19.1 Å². The van der Waals surface area contributed by atoms with E-state index in [0.29, 0.717) is 12.1 Å². The highest BCUT2D eigenvalue weighted by atomic mass is 35.5. The van der Waals surface area contributed by atoms with E-state index in [2.05, 4.69) is 5.32 Å². The normalized spacial score (nSPS) is 14.1. The molecule has 0 fully saturated rings. The molecule has 0 saturated carbocycles. The molecule has 0 bridgehead atoms. The van der Waals surface area contributed by atoms with Crippen molar-refractivity contribution in [1.29, 1.82) is 0 Å². The van der Waals surface area contributed by atoms with Crippen LogP contribution in [0.4, 0.5) is 11.4 Å². The Morgan fingerprint density at radius 1 is 1.59 bits per heavy atom. The molecule has 5 nitrogen and oxygen atoms in total. The molecule has 0 aliphatic rings. The van der Waals surface area contributed by atoms with E-state index in [9.17, 15) is 15.2 Å². The Morgan fingerprint density at radius 2 is 2.24 bits per heavy atom. The van der Waals surface area contributed by atoms with Gasteiger partial charge in [0.05, 0.1) is 17.1 Å². The van der Waals surface area contributed by atoms with Gasteiger partial charge in [-0.15, -0.1) is 0 Å². The highest BCUT2D eigenvalue weighted by Gasteiger charge is 2.26. The second-order valence-corrected chi connectivity index (χ2v) is 4.50. The van der Waals surface area contributed by atoms with E-state index in [1.165, 1.54) is 6.07 Å². The number of anilines is 1. The molecular formula is C11H15ClN2O3. The first kappa shape index (κ1) is 13.7. The number of nitrogens with zero attached hydrogens (tertiary/aromatic N) is 1. The number of hydrogen-bond acceptors (Lipinski definition) is 4. The summed E-state index contributed by atoms with van der Waals surface area (Å²) in [5.41, 5.74) is -0.446. The molecule has 1 aromatic rings. The van der Waals surface area contributed by atoms with Crippen LogP contribution >= 0.6 is 11.6 Å². The van der Waals surface area contributed by atoms with Crippen molar-refractivity contribution in [2.45, 2.75) is 25.8 Å². The molecule has 0 spiro atoms. The lowest BCUT2D eigenvalue weighted by Gasteiger charge is -2.28. The third-order valence-corrected chi connectivity index (χ3v) is 3.04. The summed E-state index contributed by atoms with van der Waals surface area (Å²) in [5, 5.41) is 23.3. The Hall–Kier alpha value is -1.33. The number of benzene rings is 1. The summed E-state index contributed by atoms with van der Waals surface area (Å²) in [6, 6.07) is 4.67. The zero-order valence-corrected chi connectivity index (χ0v) is 10.5. The van der Waals surface area contributed by atoms with Gasteiger partial charge in [-0.1, -0.05) is 24.6 Å². The predicted molar refractivity (Wildman–Crippen MR) is 67.5 cm³/mol. The highest BCUT2D eigenvalue weighted by molar-refractivity contribution is 6.33. The second-order valence-electron chi connectivity index (χ2n) is 4.09. The number of hydrogen-bond donors (Lipinski definition) is 2. The lowest BCUT2D eigenvalue weighted by molar-refractivity contribution is -0.383. The third-order valence-electron chi connectivity index (χ3n) is 2.74. The SMILES string of the molecule is CCC(C)(CO)Nc1cccc(Cl)c1[N+](=O)[O-]. The molecule has 0 aliphatic heterocycles. The number of rotatable bonds is 5. The summed E-state index contributed by atoms with van der Waals surface area (Å²) in [6.07, 6.45) is 0.632. The summed E-state index contributed by atoms with van der Waals surface area (Å²) in [7, 11) is 0. The van der Waals surface area contributed by atoms with Gasteiger partial charge in [-0.25, -0.2) is 0 Å². The molecule has 1 aromatic carbocycles. The van der Waals surface area contributed by atoms with Gasteiger partial charge in [-0.2, -0.15) is 0 Å². The van der Waals surface area contributed by atoms with E-state index in [4.69, 9.17) is 11.6 Å². The van der Waals surface area contributed by atoms with Crippen LogP contribution in [0.3, 0.4) is 0 Å². The molecule has 0 radical (unpaired) electrons. The van der Waals surface area contributed by atoms with Gasteiger partial charge in [0.15, 0.2) is 0 Å². The Morgan fingerprint density at radius 3 is 2.71 bits per heavy atom. The second kappa shape index (κ2) is 5.33. The van der Waals surface area contributed by atoms with Crippen LogP contribution in [0.15, 0.2) is 18.2 Å². The minimum atomic E-state index is -0.602. The largest absolute Gasteiger partial charge is 0.394 e. The molecule has 0 aromatic heterocycles. The maximum absolute atomic E-state index is 10.9. The Balaban J connectivity index is 3.15. The van der Waals surface area contributed by atoms with Gasteiger partial charge in [-0.05, 0) is 25.5 Å². The molecule has 0 heterocycles. The Labute approximate surface area is 105 Å². The van der Waals surface area contributed by atoms with Crippen LogP contribution in [0.5, 0.6) is 0 Å². The molecule has 1 unspecified atom stereocenters. The van der Waals surface area contributed by atoms with Gasteiger partial charge < -0.3 is 10.4 Å². The zero-order chi connectivity index (χ0) is 13.1. The number of nitrogens with one attached hydrogen (secondary N) is 1. The van der Waals surface area contributed by atoms with Crippen molar-refractivity contribution in [2.75, 3.05) is 11.9 Å². The van der Waals surface area contributed by atoms with Crippen molar-refractivity contribution >= 4 is 23.0 Å². The summed E-state index contributed by atoms with van der Waals surface area (Å²) in [4.78, 5) is 10.4. The quantitative estimate of drug-likeness (QED) is 0.629. The van der Waals surface area contributed by atoms with Crippen molar-refractivity contribution in [3.8, 4) is 0 Å². The van der Waals surface area contributed by atoms with E-state index < -0.39 is 10.5 Å². The first-order valence-electron chi connectivity index (χ1n) is 5.25. The molecular weight excluding hydrogens is 244 g/mol. The van der Waals surface area contributed by atoms with Crippen LogP contribution in [-0.4, -0.2) is 22.2 Å². The molecule has 1 rings (SSSR count). The van der Waals surface area contributed by atoms with Crippen molar-refractivity contribution in [2.24, 2.45) is 0 Å². The number of aliphatic hydroxyl groups is 1. The lowest BCUT2D eigenvalue weighted by atomic mass is 9.99. The molecule has 0 amide bonds. The van der Waals surface area contributed by atoms with Gasteiger partial charge in [0.2, 0.25) is 0 Å². The maximum Gasteiger partial charge on any atom is 0.310 e. The molecule has 0 aliphatic carbocycles. The number of para-hydroxylation sites is 1. The molecule has 6 heteroatoms. The molecule has 17 heavy (non-hydrogen) atoms. The summed E-state index contributed by atoms with van der Waals surface area (Å²) >= 11 is 5.80. The number of nitro groups is 1. The molecule has 94 valence electrons. The minimum absolute atomic E-state index is 0.0800. The van der Waals surface area contributed by atoms with Crippen molar-refractivity contribution < 1.29 is 10.0 Å². The van der Waals surface area contributed by atoms with Gasteiger partial charge in [-0.3, -0.25) is 10.1 Å². The fourth-order valence-electron chi connectivity index (χ4n) is 1.37. The maximum atomic E-state index is 10.9. The third kappa shape index (κ3) is 3.08. The van der Waals surface area contributed by atoms with E-state index in [0.717, 1.165) is 0 Å². The van der Waals surface area contributed by atoms with Crippen LogP contribution in [0, 0.1) is 10.1 Å². The van der Waals surface area contributed by atoms with Crippen molar-refractivity contribution in [1.82, 2.24) is 0 Å². The fourth-order valence-corrected chi connectivity index (χ4v) is 1.61. The molecule has 1 atom stereocenters. The van der Waals surface area contributed by atoms with Gasteiger partial charge in [0.1, 0.15) is 10.7 Å². The average Bonchev–Trinajstić information content (AvgIpc) is 2.28. The summed E-state index contributed by atoms with van der Waals surface area (Å²) < 4.78 is 0. The minimum Gasteiger partial charge on any atom is -0.394 e. The number of aliphatic hydroxyl groups excluding tert-OH is 1. The standard InChI is InChI=1S/C11H15ClN2O3/c1-3-11(2,7-15)13-9-6-4-5-8(12)10(9)14(16)17/h4-6,13,15H,3,7H2,1-2H3. The average molecular weight is 259 g/mol. The zero-order valence-electron chi connectivity index (χ0n) is 9.74. The Bertz CT molecular complexity index is 419. The summed E-state index contributed by atoms with van der Waals surface area (Å²) in [6.45, 7) is 3.56. The first-order valence-corrected chi connectivity index (χ1v) is 5.63. The van der Waals surface area contributed by atoms with Crippen LogP contribution in [0.1, 0.15) is 20.3 Å². The topological polar surface area (TPSA) is 75.4 Å². The molecule has 0 saturated heterocycles. The predicted octanol–water partition coefficient (Wildman–Crippen LogP) is 2.82. The monoisotopic (exact) mass is 258 g/mol. The fraction of sp³-hybridized carbons (Fsp3) is 0.455. The van der Waals surface area contributed by atoms with Crippen LogP contribution < -0.4 is 5.32 Å². The van der Waals surface area contributed by atoms with E-state index >= 15 is 0 Å². The van der Waals surface area contributed by atoms with Crippen molar-refractivity contribution in [3.05, 3.63) is 33.3 Å². The van der Waals surface area contributed by atoms with Gasteiger partial charge >= 0.3 is 5.69 Å². The smallest absolute Gasteiger partial charge is 0.310 e. The van der Waals surface area contributed by atoms with Crippen LogP contribution in [0.25, 0.3) is 0 Å². The van der Waals surface area contributed by atoms with Crippen LogP contribution in [-0.2, 0) is 0 Å². The van der Waals surface area contributed by atoms with Crippen molar-refractivity contribution in [3.63, 3.8) is 0 Å². The molecule has 2 N–H and O–H groups in total. The highest BCUT2D eigenvalue weighted by Crippen LogP contribution is 2.34. The number of halogens is 1. The van der Waals surface area contributed by atoms with Gasteiger partial charge in [0, 0.05) is 0 Å². The Kier molecular flexibility index (Phi) is 4.31. The number of nitro benzene ring substituents is 1. The van der Waals surface area contributed by atoms with Crippen LogP contribution in [0.2, 0.25) is 5.02 Å². The van der Waals surface area contributed by atoms with E-state index in [1.807, 2.05) is 6.92 Å². The first-order chi connectivity index (χ1) is 7.93. The van der Waals surface area contributed by atoms with E-state index in [-0.39, 0.29) is 17.3 Å². The lowest BCUT2D eigenvalue weighted by Crippen LogP contribution is -2.38. The summed E-state index contributed by atoms with van der Waals surface area (Å²) in [5.74, 6) is 0. The van der Waals surface area contributed by atoms with Gasteiger partial charge in [0.25, 0.3) is 0 Å².